The molecule has 1 aromatic carbocycles. The van der Waals surface area contributed by atoms with Crippen molar-refractivity contribution in [1.29, 1.82) is 0 Å². The summed E-state index contributed by atoms with van der Waals surface area (Å²) in [6.07, 6.45) is 1.65. The molecule has 1 unspecified atom stereocenters. The van der Waals surface area contributed by atoms with Gasteiger partial charge in [-0.1, -0.05) is 6.07 Å². The Labute approximate surface area is 131 Å². The number of benzene rings is 1. The monoisotopic (exact) mass is 314 g/mol. The molecule has 0 radical (unpaired) electrons. The molecule has 21 heavy (non-hydrogen) atoms. The molecule has 1 fully saturated rings. The second kappa shape index (κ2) is 9.60. The number of ether oxygens (including phenoxy) is 2. The van der Waals surface area contributed by atoms with E-state index >= 15 is 0 Å². The number of methoxy groups -OCH3 is 1. The van der Waals surface area contributed by atoms with E-state index in [1.165, 1.54) is 0 Å². The van der Waals surface area contributed by atoms with Crippen molar-refractivity contribution >= 4 is 24.0 Å². The number of halogens is 1. The summed E-state index contributed by atoms with van der Waals surface area (Å²) in [5.41, 5.74) is 0.774. The molecule has 0 aliphatic carbocycles. The number of hydrogen-bond acceptors (Lipinski definition) is 4. The van der Waals surface area contributed by atoms with Crippen LogP contribution in [0.25, 0.3) is 0 Å². The van der Waals surface area contributed by atoms with Crippen LogP contribution >= 0.6 is 12.4 Å². The molecule has 6 heteroatoms. The maximum Gasteiger partial charge on any atom is 0.224 e. The Bertz CT molecular complexity index is 437. The number of carbonyl (C=O) groups is 1. The lowest BCUT2D eigenvalue weighted by Crippen LogP contribution is -2.18. The van der Waals surface area contributed by atoms with Gasteiger partial charge in [-0.3, -0.25) is 4.79 Å². The zero-order chi connectivity index (χ0) is 14.2. The summed E-state index contributed by atoms with van der Waals surface area (Å²) < 4.78 is 10.4. The van der Waals surface area contributed by atoms with Crippen molar-refractivity contribution in [3.8, 4) is 5.75 Å². The number of hydrogen-bond donors (Lipinski definition) is 2. The predicted molar refractivity (Wildman–Crippen MR) is 85.3 cm³/mol. The van der Waals surface area contributed by atoms with E-state index in [-0.39, 0.29) is 18.3 Å². The lowest BCUT2D eigenvalue weighted by atomic mass is 10.0. The maximum absolute atomic E-state index is 11.9. The van der Waals surface area contributed by atoms with Crippen molar-refractivity contribution in [2.24, 2.45) is 5.92 Å². The quantitative estimate of drug-likeness (QED) is 0.757. The molecule has 1 saturated heterocycles. The lowest BCUT2D eigenvalue weighted by molar-refractivity contribution is -0.116. The first-order valence-corrected chi connectivity index (χ1v) is 7.00. The third-order valence-corrected chi connectivity index (χ3v) is 3.31. The van der Waals surface area contributed by atoms with E-state index < -0.39 is 0 Å². The van der Waals surface area contributed by atoms with Crippen molar-refractivity contribution in [2.45, 2.75) is 12.8 Å². The zero-order valence-electron chi connectivity index (χ0n) is 12.3. The van der Waals surface area contributed by atoms with E-state index in [0.717, 1.165) is 30.9 Å². The lowest BCUT2D eigenvalue weighted by Gasteiger charge is -2.11. The summed E-state index contributed by atoms with van der Waals surface area (Å²) >= 11 is 0. The van der Waals surface area contributed by atoms with E-state index in [0.29, 0.717) is 25.6 Å². The normalized spacial score (nSPS) is 17.1. The Balaban J connectivity index is 0.00000220. The van der Waals surface area contributed by atoms with Gasteiger partial charge in [0.05, 0.1) is 6.61 Å². The topological polar surface area (TPSA) is 59.6 Å². The number of anilines is 1. The Morgan fingerprint density at radius 3 is 3.00 bits per heavy atom. The van der Waals surface area contributed by atoms with Gasteiger partial charge in [0.2, 0.25) is 5.91 Å². The minimum Gasteiger partial charge on any atom is -0.491 e. The van der Waals surface area contributed by atoms with Gasteiger partial charge >= 0.3 is 0 Å². The van der Waals surface area contributed by atoms with Crippen LogP contribution in [0.5, 0.6) is 5.75 Å². The fourth-order valence-corrected chi connectivity index (χ4v) is 2.27. The number of amides is 1. The SMILES string of the molecule is COCCOc1cccc(NC(=O)CC2CCNC2)c1.Cl. The minimum atomic E-state index is 0. The fraction of sp³-hybridized carbons (Fsp3) is 0.533. The van der Waals surface area contributed by atoms with Crippen LogP contribution in [-0.2, 0) is 9.53 Å². The van der Waals surface area contributed by atoms with Crippen molar-refractivity contribution in [2.75, 3.05) is 38.7 Å². The van der Waals surface area contributed by atoms with Gasteiger partial charge in [-0.2, -0.15) is 0 Å². The zero-order valence-corrected chi connectivity index (χ0v) is 13.1. The largest absolute Gasteiger partial charge is 0.491 e. The van der Waals surface area contributed by atoms with Gasteiger partial charge in [-0.05, 0) is 37.6 Å². The summed E-state index contributed by atoms with van der Waals surface area (Å²) in [5, 5.41) is 6.19. The van der Waals surface area contributed by atoms with Gasteiger partial charge in [0.25, 0.3) is 0 Å². The van der Waals surface area contributed by atoms with Crippen LogP contribution in [-0.4, -0.2) is 39.3 Å². The van der Waals surface area contributed by atoms with E-state index in [9.17, 15) is 4.79 Å². The smallest absolute Gasteiger partial charge is 0.224 e. The molecular formula is C15H23ClN2O3. The fourth-order valence-electron chi connectivity index (χ4n) is 2.27. The average Bonchev–Trinajstić information content (AvgIpc) is 2.92. The molecule has 1 atom stereocenters. The first-order chi connectivity index (χ1) is 9.78. The highest BCUT2D eigenvalue weighted by atomic mass is 35.5. The first kappa shape index (κ1) is 17.8. The molecule has 0 saturated carbocycles. The first-order valence-electron chi connectivity index (χ1n) is 7.00. The Morgan fingerprint density at radius 2 is 2.29 bits per heavy atom. The van der Waals surface area contributed by atoms with Crippen LogP contribution in [0.15, 0.2) is 24.3 Å². The minimum absolute atomic E-state index is 0. The highest BCUT2D eigenvalue weighted by molar-refractivity contribution is 5.91. The molecule has 0 aromatic heterocycles. The molecule has 0 bridgehead atoms. The third-order valence-electron chi connectivity index (χ3n) is 3.31. The summed E-state index contributed by atoms with van der Waals surface area (Å²) in [6, 6.07) is 7.44. The molecule has 1 aromatic rings. The van der Waals surface area contributed by atoms with Gasteiger partial charge in [-0.25, -0.2) is 0 Å². The molecule has 1 heterocycles. The van der Waals surface area contributed by atoms with Crippen LogP contribution in [0, 0.1) is 5.92 Å². The Kier molecular flexibility index (Phi) is 8.12. The predicted octanol–water partition coefficient (Wildman–Crippen LogP) is 2.07. The second-order valence-corrected chi connectivity index (χ2v) is 4.98. The molecule has 2 rings (SSSR count). The second-order valence-electron chi connectivity index (χ2n) is 4.98. The average molecular weight is 315 g/mol. The Hall–Kier alpha value is -1.30. The van der Waals surface area contributed by atoms with E-state index in [2.05, 4.69) is 10.6 Å². The molecular weight excluding hydrogens is 292 g/mol. The summed E-state index contributed by atoms with van der Waals surface area (Å²) in [4.78, 5) is 11.9. The third kappa shape index (κ3) is 6.33. The summed E-state index contributed by atoms with van der Waals surface area (Å²) in [7, 11) is 1.64. The molecule has 0 spiro atoms. The molecule has 1 amide bonds. The van der Waals surface area contributed by atoms with E-state index in [1.54, 1.807) is 7.11 Å². The van der Waals surface area contributed by atoms with Crippen LogP contribution in [0.1, 0.15) is 12.8 Å². The molecule has 2 N–H and O–H groups in total. The van der Waals surface area contributed by atoms with Crippen LogP contribution in [0.3, 0.4) is 0 Å². The van der Waals surface area contributed by atoms with Crippen LogP contribution in [0.4, 0.5) is 5.69 Å². The highest BCUT2D eigenvalue weighted by Gasteiger charge is 2.17. The maximum atomic E-state index is 11.9. The number of carbonyl (C=O) groups excluding carboxylic acids is 1. The standard InChI is InChI=1S/C15H22N2O3.ClH/c1-19-7-8-20-14-4-2-3-13(10-14)17-15(18)9-12-5-6-16-11-12;/h2-4,10,12,16H,5-9,11H2,1H3,(H,17,18);1H. The highest BCUT2D eigenvalue weighted by Crippen LogP contribution is 2.19. The Morgan fingerprint density at radius 1 is 1.43 bits per heavy atom. The van der Waals surface area contributed by atoms with Crippen LogP contribution in [0.2, 0.25) is 0 Å². The number of nitrogens with one attached hydrogen (secondary N) is 2. The van der Waals surface area contributed by atoms with Gasteiger partial charge in [0.15, 0.2) is 0 Å². The van der Waals surface area contributed by atoms with Crippen molar-refractivity contribution < 1.29 is 14.3 Å². The van der Waals surface area contributed by atoms with E-state index in [4.69, 9.17) is 9.47 Å². The van der Waals surface area contributed by atoms with Crippen molar-refractivity contribution in [3.05, 3.63) is 24.3 Å². The van der Waals surface area contributed by atoms with Crippen molar-refractivity contribution in [3.63, 3.8) is 0 Å². The van der Waals surface area contributed by atoms with E-state index in [1.807, 2.05) is 24.3 Å². The molecule has 1 aliphatic rings. The number of rotatable bonds is 7. The van der Waals surface area contributed by atoms with Crippen molar-refractivity contribution in [1.82, 2.24) is 5.32 Å². The van der Waals surface area contributed by atoms with Gasteiger partial charge < -0.3 is 20.1 Å². The summed E-state index contributed by atoms with van der Waals surface area (Å²) in [6.45, 7) is 3.00. The molecule has 5 nitrogen and oxygen atoms in total. The molecule has 118 valence electrons. The summed E-state index contributed by atoms with van der Waals surface area (Å²) in [5.74, 6) is 1.26. The molecule has 1 aliphatic heterocycles. The van der Waals surface area contributed by atoms with Crippen LogP contribution < -0.4 is 15.4 Å². The van der Waals surface area contributed by atoms with Gasteiger partial charge in [-0.15, -0.1) is 12.4 Å². The van der Waals surface area contributed by atoms with Gasteiger partial charge in [0.1, 0.15) is 12.4 Å². The van der Waals surface area contributed by atoms with Gasteiger partial charge in [0, 0.05) is 25.3 Å².